The molecule has 0 spiro atoms. The third-order valence-electron chi connectivity index (χ3n) is 4.92. The van der Waals surface area contributed by atoms with Crippen LogP contribution in [-0.4, -0.2) is 40.0 Å². The van der Waals surface area contributed by atoms with Gasteiger partial charge in [0.15, 0.2) is 0 Å². The highest BCUT2D eigenvalue weighted by molar-refractivity contribution is 5.89. The van der Waals surface area contributed by atoms with Crippen LogP contribution in [0.15, 0.2) is 48.0 Å². The Kier molecular flexibility index (Phi) is 5.91. The second-order valence-electron chi connectivity index (χ2n) is 7.66. The van der Waals surface area contributed by atoms with Gasteiger partial charge in [-0.2, -0.15) is 0 Å². The van der Waals surface area contributed by atoms with Crippen molar-refractivity contribution in [1.82, 2.24) is 9.88 Å². The molecule has 3 N–H and O–H groups in total. The number of aliphatic hydroxyl groups excluding tert-OH is 1. The summed E-state index contributed by atoms with van der Waals surface area (Å²) in [6.07, 6.45) is 2.77. The summed E-state index contributed by atoms with van der Waals surface area (Å²) in [7, 11) is 0. The molecule has 1 aromatic carbocycles. The van der Waals surface area contributed by atoms with E-state index in [1.165, 1.54) is 5.56 Å². The monoisotopic (exact) mass is 382 g/mol. The van der Waals surface area contributed by atoms with Gasteiger partial charge in [0.1, 0.15) is 5.83 Å². The van der Waals surface area contributed by atoms with Gasteiger partial charge in [-0.3, -0.25) is 9.88 Å². The number of hydrogen-bond donors (Lipinski definition) is 2. The first-order valence-corrected chi connectivity index (χ1v) is 9.43. The van der Waals surface area contributed by atoms with E-state index >= 15 is 0 Å². The van der Waals surface area contributed by atoms with Gasteiger partial charge < -0.3 is 10.8 Å². The molecule has 1 aromatic heterocycles. The maximum absolute atomic E-state index is 14.4. The Morgan fingerprint density at radius 1 is 1.46 bits per heavy atom. The number of benzene rings is 1. The number of β-amino-alcohol motifs (C(OH)–C–C–N with tert-alkyl or cyclic N) is 1. The highest BCUT2D eigenvalue weighted by Gasteiger charge is 2.25. The normalized spacial score (nSPS) is 16.6. The zero-order valence-corrected chi connectivity index (χ0v) is 16.6. The van der Waals surface area contributed by atoms with Crippen LogP contribution >= 0.6 is 0 Å². The van der Waals surface area contributed by atoms with Crippen LogP contribution in [-0.2, 0) is 6.54 Å². The lowest BCUT2D eigenvalue weighted by Crippen LogP contribution is -2.49. The predicted molar refractivity (Wildman–Crippen MR) is 113 cm³/mol. The third-order valence-corrected chi connectivity index (χ3v) is 4.92. The Balaban J connectivity index is 2.01. The molecule has 0 aliphatic carbocycles. The Labute approximate surface area is 165 Å². The van der Waals surface area contributed by atoms with Crippen LogP contribution in [0.2, 0.25) is 0 Å². The number of fused-ring (bicyclic) bond motifs is 1. The maximum Gasteiger partial charge on any atom is 0.148 e. The summed E-state index contributed by atoms with van der Waals surface area (Å²) in [5.41, 5.74) is 9.62. The molecule has 0 saturated carbocycles. The lowest BCUT2D eigenvalue weighted by atomic mass is 9.91. The average molecular weight is 382 g/mol. The molecule has 6 heteroatoms. The maximum atomic E-state index is 14.4. The van der Waals surface area contributed by atoms with Gasteiger partial charge in [0.05, 0.1) is 23.7 Å². The van der Waals surface area contributed by atoms with Crippen LogP contribution in [0.4, 0.5) is 4.39 Å². The lowest BCUT2D eigenvalue weighted by Gasteiger charge is -2.36. The molecule has 1 aliphatic rings. The van der Waals surface area contributed by atoms with E-state index in [0.717, 1.165) is 29.2 Å². The van der Waals surface area contributed by atoms with E-state index in [0.29, 0.717) is 18.7 Å². The number of nitrogens with zero attached hydrogens (tertiary/aromatic N) is 3. The third kappa shape index (κ3) is 4.29. The molecule has 1 saturated heterocycles. The fraction of sp³-hybridized carbons (Fsp3) is 0.364. The molecule has 1 fully saturated rings. The van der Waals surface area contributed by atoms with Gasteiger partial charge in [-0.1, -0.05) is 26.5 Å². The molecule has 5 nitrogen and oxygen atoms in total. The number of allylic oxidation sites excluding steroid dienone is 2. The van der Waals surface area contributed by atoms with Crippen LogP contribution in [0.5, 0.6) is 0 Å². The summed E-state index contributed by atoms with van der Waals surface area (Å²) in [5.74, 6) is 0.0440. The fourth-order valence-corrected chi connectivity index (χ4v) is 3.54. The molecule has 0 atom stereocenters. The highest BCUT2D eigenvalue weighted by Crippen LogP contribution is 2.32. The number of pyridine rings is 1. The van der Waals surface area contributed by atoms with Crippen LogP contribution < -0.4 is 5.73 Å². The number of aliphatic imine (C=N–C) groups is 1. The molecule has 0 amide bonds. The number of nitrogens with two attached hydrogens (primary N) is 1. The Morgan fingerprint density at radius 2 is 2.18 bits per heavy atom. The molecule has 0 bridgehead atoms. The van der Waals surface area contributed by atoms with Crippen molar-refractivity contribution in [1.29, 1.82) is 0 Å². The van der Waals surface area contributed by atoms with Crippen molar-refractivity contribution in [2.45, 2.75) is 39.3 Å². The minimum atomic E-state index is -0.520. The minimum absolute atomic E-state index is 0.236. The first-order valence-electron chi connectivity index (χ1n) is 9.43. The zero-order valence-electron chi connectivity index (χ0n) is 16.6. The van der Waals surface area contributed by atoms with E-state index in [4.69, 9.17) is 5.73 Å². The number of rotatable bonds is 6. The van der Waals surface area contributed by atoms with Gasteiger partial charge in [-0.25, -0.2) is 9.38 Å². The second-order valence-corrected chi connectivity index (χ2v) is 7.66. The summed E-state index contributed by atoms with van der Waals surface area (Å²) < 4.78 is 14.4. The van der Waals surface area contributed by atoms with Gasteiger partial charge >= 0.3 is 0 Å². The van der Waals surface area contributed by atoms with E-state index in [9.17, 15) is 9.50 Å². The van der Waals surface area contributed by atoms with Crippen molar-refractivity contribution in [2.75, 3.05) is 13.1 Å². The second kappa shape index (κ2) is 8.20. The molecule has 3 rings (SSSR count). The standard InChI is InChI=1S/C22H27FN4O/c1-13(2)22-17(10-27-11-18(28)12-27)8-26-21-6-5-16(7-19(21)22)14(3)20(23)9-25-15(4)24/h5-9,13,18,28H,3,10-12H2,1-2,4H3,(H2,24,25)/b20-9+. The Morgan fingerprint density at radius 3 is 2.79 bits per heavy atom. The van der Waals surface area contributed by atoms with Crippen LogP contribution in [0.25, 0.3) is 16.5 Å². The minimum Gasteiger partial charge on any atom is -0.390 e. The number of halogens is 1. The first kappa shape index (κ1) is 20.2. The first-order chi connectivity index (χ1) is 13.3. The molecular formula is C22H27FN4O. The van der Waals surface area contributed by atoms with E-state index in [1.54, 1.807) is 6.92 Å². The largest absolute Gasteiger partial charge is 0.390 e. The van der Waals surface area contributed by atoms with Crippen LogP contribution in [0, 0.1) is 0 Å². The Bertz CT molecular complexity index is 954. The van der Waals surface area contributed by atoms with Gasteiger partial charge in [-0.05, 0) is 41.7 Å². The predicted octanol–water partition coefficient (Wildman–Crippen LogP) is 3.74. The van der Waals surface area contributed by atoms with E-state index in [-0.39, 0.29) is 23.4 Å². The summed E-state index contributed by atoms with van der Waals surface area (Å²) in [5, 5.41) is 10.5. The van der Waals surface area contributed by atoms with Crippen molar-refractivity contribution in [3.05, 3.63) is 59.7 Å². The van der Waals surface area contributed by atoms with E-state index in [1.807, 2.05) is 24.4 Å². The highest BCUT2D eigenvalue weighted by atomic mass is 19.1. The number of aliphatic hydroxyl groups is 1. The fourth-order valence-electron chi connectivity index (χ4n) is 3.54. The SMILES string of the molecule is C=C(/C(F)=C\N=C(C)N)c1ccc2ncc(CN3CC(O)C3)c(C(C)C)c2c1. The number of amidine groups is 1. The zero-order chi connectivity index (χ0) is 20.4. The molecule has 28 heavy (non-hydrogen) atoms. The summed E-state index contributed by atoms with van der Waals surface area (Å²) in [4.78, 5) is 10.6. The molecule has 0 radical (unpaired) electrons. The molecule has 0 unspecified atom stereocenters. The molecule has 148 valence electrons. The Hall–Kier alpha value is -2.57. The van der Waals surface area contributed by atoms with Crippen LogP contribution in [0.1, 0.15) is 43.4 Å². The smallest absolute Gasteiger partial charge is 0.148 e. The van der Waals surface area contributed by atoms with Gasteiger partial charge in [0.2, 0.25) is 0 Å². The molecule has 1 aliphatic heterocycles. The van der Waals surface area contributed by atoms with E-state index in [2.05, 4.69) is 35.3 Å². The van der Waals surface area contributed by atoms with Crippen molar-refractivity contribution in [2.24, 2.45) is 10.7 Å². The van der Waals surface area contributed by atoms with Crippen molar-refractivity contribution >= 4 is 22.3 Å². The summed E-state index contributed by atoms with van der Waals surface area (Å²) >= 11 is 0. The molecular weight excluding hydrogens is 355 g/mol. The summed E-state index contributed by atoms with van der Waals surface area (Å²) in [6, 6.07) is 5.66. The quantitative estimate of drug-likeness (QED) is 0.453. The molecule has 2 aromatic rings. The lowest BCUT2D eigenvalue weighted by molar-refractivity contribution is -0.00305. The van der Waals surface area contributed by atoms with Gasteiger partial charge in [-0.15, -0.1) is 0 Å². The number of aromatic nitrogens is 1. The van der Waals surface area contributed by atoms with Gasteiger partial charge in [0.25, 0.3) is 0 Å². The van der Waals surface area contributed by atoms with Crippen molar-refractivity contribution in [3.8, 4) is 0 Å². The number of hydrogen-bond acceptors (Lipinski definition) is 4. The summed E-state index contributed by atoms with van der Waals surface area (Å²) in [6.45, 7) is 11.9. The van der Waals surface area contributed by atoms with E-state index < -0.39 is 5.83 Å². The van der Waals surface area contributed by atoms with Gasteiger partial charge in [0, 0.05) is 36.8 Å². The topological polar surface area (TPSA) is 74.7 Å². The average Bonchev–Trinajstić information content (AvgIpc) is 2.63. The van der Waals surface area contributed by atoms with Crippen molar-refractivity contribution < 1.29 is 9.50 Å². The van der Waals surface area contributed by atoms with Crippen LogP contribution in [0.3, 0.4) is 0 Å². The number of likely N-dealkylation sites (tertiary alicyclic amines) is 1. The van der Waals surface area contributed by atoms with Crippen molar-refractivity contribution in [3.63, 3.8) is 0 Å². The molecule has 2 heterocycles.